The first kappa shape index (κ1) is 19.7. The van der Waals surface area contributed by atoms with Crippen LogP contribution in [0.3, 0.4) is 0 Å². The van der Waals surface area contributed by atoms with Gasteiger partial charge in [-0.15, -0.1) is 0 Å². The monoisotopic (exact) mass is 404 g/mol. The number of aromatic nitrogens is 2. The van der Waals surface area contributed by atoms with E-state index in [0.29, 0.717) is 13.1 Å². The molecule has 2 amide bonds. The molecule has 1 aromatic heterocycles. The quantitative estimate of drug-likeness (QED) is 0.710. The maximum absolute atomic E-state index is 12.8. The van der Waals surface area contributed by atoms with E-state index in [4.69, 9.17) is 4.74 Å². The number of fused-ring (bicyclic) bond motifs is 1. The first-order valence-corrected chi connectivity index (χ1v) is 9.89. The van der Waals surface area contributed by atoms with E-state index in [1.54, 1.807) is 9.58 Å². The van der Waals surface area contributed by atoms with Gasteiger partial charge in [0.15, 0.2) is 0 Å². The van der Waals surface area contributed by atoms with Gasteiger partial charge >= 0.3 is 6.09 Å². The summed E-state index contributed by atoms with van der Waals surface area (Å²) in [6.07, 6.45) is 3.22. The molecule has 2 aromatic carbocycles. The summed E-state index contributed by atoms with van der Waals surface area (Å²) in [4.78, 5) is 26.6. The third kappa shape index (κ3) is 4.51. The fourth-order valence-corrected chi connectivity index (χ4v) is 3.74. The zero-order valence-corrected chi connectivity index (χ0v) is 16.8. The number of rotatable bonds is 5. The van der Waals surface area contributed by atoms with Gasteiger partial charge in [-0.3, -0.25) is 9.48 Å². The Balaban J connectivity index is 1.37. The van der Waals surface area contributed by atoms with Crippen molar-refractivity contribution < 1.29 is 14.3 Å². The lowest BCUT2D eigenvalue weighted by atomic mass is 9.86. The summed E-state index contributed by atoms with van der Waals surface area (Å²) < 4.78 is 6.95. The second-order valence-electron chi connectivity index (χ2n) is 7.39. The summed E-state index contributed by atoms with van der Waals surface area (Å²) in [7, 11) is 1.88. The van der Waals surface area contributed by atoms with Crippen molar-refractivity contribution in [1.82, 2.24) is 20.0 Å². The zero-order chi connectivity index (χ0) is 20.9. The number of carbonyl (C=O) groups is 2. The van der Waals surface area contributed by atoms with Crippen molar-refractivity contribution >= 4 is 12.0 Å². The zero-order valence-electron chi connectivity index (χ0n) is 16.8. The molecule has 1 aliphatic heterocycles. The van der Waals surface area contributed by atoms with E-state index in [1.165, 1.54) is 5.56 Å². The van der Waals surface area contributed by atoms with Crippen LogP contribution in [-0.2, 0) is 29.7 Å². The Hall–Kier alpha value is -3.61. The third-order valence-corrected chi connectivity index (χ3v) is 5.27. The van der Waals surface area contributed by atoms with Gasteiger partial charge in [0.2, 0.25) is 5.91 Å². The van der Waals surface area contributed by atoms with Crippen LogP contribution in [0.4, 0.5) is 4.79 Å². The van der Waals surface area contributed by atoms with Gasteiger partial charge in [0.05, 0.1) is 6.20 Å². The maximum atomic E-state index is 12.8. The summed E-state index contributed by atoms with van der Waals surface area (Å²) >= 11 is 0. The lowest BCUT2D eigenvalue weighted by molar-refractivity contribution is -0.131. The van der Waals surface area contributed by atoms with Gasteiger partial charge in [0.1, 0.15) is 13.2 Å². The second kappa shape index (κ2) is 8.82. The Morgan fingerprint density at radius 3 is 2.67 bits per heavy atom. The van der Waals surface area contributed by atoms with Crippen molar-refractivity contribution in [2.45, 2.75) is 19.1 Å². The van der Waals surface area contributed by atoms with Crippen molar-refractivity contribution in [2.75, 3.05) is 13.1 Å². The molecule has 1 atom stereocenters. The van der Waals surface area contributed by atoms with E-state index in [-0.39, 0.29) is 25.0 Å². The highest BCUT2D eigenvalue weighted by molar-refractivity contribution is 5.82. The van der Waals surface area contributed by atoms with E-state index in [1.807, 2.05) is 68.0 Å². The molecule has 1 aliphatic rings. The van der Waals surface area contributed by atoms with Gasteiger partial charge in [0.25, 0.3) is 0 Å². The van der Waals surface area contributed by atoms with Crippen molar-refractivity contribution in [3.63, 3.8) is 0 Å². The van der Waals surface area contributed by atoms with E-state index >= 15 is 0 Å². The molecule has 1 unspecified atom stereocenters. The average Bonchev–Trinajstić information content (AvgIpc) is 3.22. The number of hydrogen-bond donors (Lipinski definition) is 1. The van der Waals surface area contributed by atoms with Gasteiger partial charge in [-0.25, -0.2) is 4.79 Å². The molecule has 0 saturated carbocycles. The molecule has 0 radical (unpaired) electrons. The van der Waals surface area contributed by atoms with E-state index in [0.717, 1.165) is 16.7 Å². The molecule has 4 rings (SSSR count). The lowest BCUT2D eigenvalue weighted by Gasteiger charge is -2.34. The summed E-state index contributed by atoms with van der Waals surface area (Å²) in [6, 6.07) is 17.6. The number of ether oxygens (including phenoxy) is 1. The van der Waals surface area contributed by atoms with Crippen LogP contribution < -0.4 is 5.32 Å². The normalized spacial score (nSPS) is 15.4. The molecule has 7 nitrogen and oxygen atoms in total. The van der Waals surface area contributed by atoms with Crippen molar-refractivity contribution in [2.24, 2.45) is 7.05 Å². The van der Waals surface area contributed by atoms with Crippen LogP contribution in [-0.4, -0.2) is 39.8 Å². The number of amides is 2. The van der Waals surface area contributed by atoms with E-state index in [2.05, 4.69) is 16.5 Å². The number of hydrogen-bond acceptors (Lipinski definition) is 4. The minimum Gasteiger partial charge on any atom is -0.445 e. The van der Waals surface area contributed by atoms with Gasteiger partial charge in [-0.2, -0.15) is 5.10 Å². The molecule has 3 aromatic rings. The van der Waals surface area contributed by atoms with Crippen molar-refractivity contribution in [3.8, 4) is 0 Å². The molecule has 0 spiro atoms. The van der Waals surface area contributed by atoms with Crippen LogP contribution in [0.15, 0.2) is 67.0 Å². The van der Waals surface area contributed by atoms with Gasteiger partial charge < -0.3 is 15.0 Å². The first-order valence-electron chi connectivity index (χ1n) is 9.89. The van der Waals surface area contributed by atoms with Crippen molar-refractivity contribution in [3.05, 3.63) is 89.2 Å². The average molecular weight is 404 g/mol. The number of nitrogens with zero attached hydrogens (tertiary/aromatic N) is 3. The minimum atomic E-state index is -0.603. The molecular weight excluding hydrogens is 380 g/mol. The molecule has 30 heavy (non-hydrogen) atoms. The standard InChI is InChI=1S/C23H24N4O3/c1-26-13-19(11-25-26)21-15-27(14-18-9-5-6-10-20(18)21)22(28)12-24-23(29)30-16-17-7-3-2-4-8-17/h2-11,13,21H,12,14-16H2,1H3,(H,24,29). The lowest BCUT2D eigenvalue weighted by Crippen LogP contribution is -2.44. The largest absolute Gasteiger partial charge is 0.445 e. The summed E-state index contributed by atoms with van der Waals surface area (Å²) in [5.41, 5.74) is 4.28. The van der Waals surface area contributed by atoms with Gasteiger partial charge in [-0.05, 0) is 22.3 Å². The molecular formula is C23H24N4O3. The van der Waals surface area contributed by atoms with Gasteiger partial charge in [0, 0.05) is 32.3 Å². The Kier molecular flexibility index (Phi) is 5.79. The summed E-state index contributed by atoms with van der Waals surface area (Å²) in [6.45, 7) is 1.13. The highest BCUT2D eigenvalue weighted by Crippen LogP contribution is 2.33. The van der Waals surface area contributed by atoms with Crippen LogP contribution in [0.2, 0.25) is 0 Å². The van der Waals surface area contributed by atoms with Crippen LogP contribution in [0, 0.1) is 0 Å². The summed E-state index contributed by atoms with van der Waals surface area (Å²) in [5.74, 6) is -0.0901. The third-order valence-electron chi connectivity index (χ3n) is 5.27. The molecule has 0 saturated heterocycles. The van der Waals surface area contributed by atoms with Crippen LogP contribution in [0.5, 0.6) is 0 Å². The molecule has 1 N–H and O–H groups in total. The number of benzene rings is 2. The Bertz CT molecular complexity index is 1030. The number of nitrogens with one attached hydrogen (secondary N) is 1. The molecule has 0 aliphatic carbocycles. The molecule has 7 heteroatoms. The van der Waals surface area contributed by atoms with E-state index < -0.39 is 6.09 Å². The SMILES string of the molecule is Cn1cc(C2CN(C(=O)CNC(=O)OCc3ccccc3)Cc3ccccc32)cn1. The minimum absolute atomic E-state index is 0.0534. The first-order chi connectivity index (χ1) is 14.6. The number of alkyl carbamates (subject to hydrolysis) is 1. The molecule has 0 bridgehead atoms. The fourth-order valence-electron chi connectivity index (χ4n) is 3.74. The maximum Gasteiger partial charge on any atom is 0.407 e. The smallest absolute Gasteiger partial charge is 0.407 e. The highest BCUT2D eigenvalue weighted by Gasteiger charge is 2.29. The highest BCUT2D eigenvalue weighted by atomic mass is 16.5. The van der Waals surface area contributed by atoms with Crippen LogP contribution in [0.1, 0.15) is 28.2 Å². The van der Waals surface area contributed by atoms with Crippen LogP contribution >= 0.6 is 0 Å². The second-order valence-corrected chi connectivity index (χ2v) is 7.39. The number of aryl methyl sites for hydroxylation is 1. The fraction of sp³-hybridized carbons (Fsp3) is 0.261. The molecule has 0 fully saturated rings. The Morgan fingerprint density at radius 1 is 1.13 bits per heavy atom. The van der Waals surface area contributed by atoms with E-state index in [9.17, 15) is 9.59 Å². The molecule has 154 valence electrons. The molecule has 2 heterocycles. The van der Waals surface area contributed by atoms with Crippen LogP contribution in [0.25, 0.3) is 0 Å². The number of carbonyl (C=O) groups excluding carboxylic acids is 2. The van der Waals surface area contributed by atoms with Crippen molar-refractivity contribution in [1.29, 1.82) is 0 Å². The summed E-state index contributed by atoms with van der Waals surface area (Å²) in [5, 5.41) is 6.84. The Morgan fingerprint density at radius 2 is 1.90 bits per heavy atom. The topological polar surface area (TPSA) is 76.5 Å². The van der Waals surface area contributed by atoms with Gasteiger partial charge in [-0.1, -0.05) is 54.6 Å². The predicted octanol–water partition coefficient (Wildman–Crippen LogP) is 2.82. The Labute approximate surface area is 175 Å². The predicted molar refractivity (Wildman–Crippen MR) is 112 cm³/mol.